The van der Waals surface area contributed by atoms with Crippen LogP contribution in [0.3, 0.4) is 0 Å². The Bertz CT molecular complexity index is 446. The molecule has 0 unspecified atom stereocenters. The quantitative estimate of drug-likeness (QED) is 0.618. The predicted molar refractivity (Wildman–Crippen MR) is 78.8 cm³/mol. The molecule has 1 rings (SSSR count). The van der Waals surface area contributed by atoms with E-state index in [4.69, 9.17) is 4.74 Å². The van der Waals surface area contributed by atoms with E-state index in [-0.39, 0.29) is 23.4 Å². The molecule has 1 amide bonds. The molecule has 0 spiro atoms. The Morgan fingerprint density at radius 3 is 2.63 bits per heavy atom. The Hall–Kier alpha value is -1.36. The van der Waals surface area contributed by atoms with Crippen molar-refractivity contribution < 1.29 is 14.3 Å². The third-order valence-electron chi connectivity index (χ3n) is 2.24. The summed E-state index contributed by atoms with van der Waals surface area (Å²) in [7, 11) is 0. The largest absolute Gasteiger partial charge is 0.491 e. The highest BCUT2D eigenvalue weighted by molar-refractivity contribution is 9.09. The zero-order chi connectivity index (χ0) is 14.3. The molecule has 0 bridgehead atoms. The second-order valence-corrected chi connectivity index (χ2v) is 5.16. The first kappa shape index (κ1) is 15.7. The van der Waals surface area contributed by atoms with Gasteiger partial charge < -0.3 is 10.1 Å². The number of para-hydroxylation sites is 2. The van der Waals surface area contributed by atoms with Crippen LogP contribution < -0.4 is 10.1 Å². The van der Waals surface area contributed by atoms with Gasteiger partial charge in [0.1, 0.15) is 5.75 Å². The number of hydrogen-bond acceptors (Lipinski definition) is 3. The highest BCUT2D eigenvalue weighted by Gasteiger charge is 2.11. The van der Waals surface area contributed by atoms with E-state index in [0.717, 1.165) is 0 Å². The third-order valence-corrected chi connectivity index (χ3v) is 2.87. The first-order valence-electron chi connectivity index (χ1n) is 6.12. The Morgan fingerprint density at radius 2 is 2.00 bits per heavy atom. The summed E-state index contributed by atoms with van der Waals surface area (Å²) in [6.45, 7) is 4.68. The number of ether oxygens (including phenoxy) is 1. The SMILES string of the molecule is CC(C)COc1ccccc1NC(=O)CC(=O)CBr. The maximum Gasteiger partial charge on any atom is 0.231 e. The number of carbonyl (C=O) groups excluding carboxylic acids is 2. The molecule has 0 aliphatic heterocycles. The zero-order valence-corrected chi connectivity index (χ0v) is 12.7. The van der Waals surface area contributed by atoms with Gasteiger partial charge in [0.15, 0.2) is 5.78 Å². The van der Waals surface area contributed by atoms with Crippen LogP contribution >= 0.6 is 15.9 Å². The van der Waals surface area contributed by atoms with E-state index in [1.165, 1.54) is 0 Å². The molecule has 0 heterocycles. The van der Waals surface area contributed by atoms with E-state index in [2.05, 4.69) is 35.1 Å². The highest BCUT2D eigenvalue weighted by Crippen LogP contribution is 2.24. The minimum Gasteiger partial charge on any atom is -0.491 e. The van der Waals surface area contributed by atoms with Crippen LogP contribution in [0.5, 0.6) is 5.75 Å². The average Bonchev–Trinajstić information content (AvgIpc) is 2.37. The lowest BCUT2D eigenvalue weighted by atomic mass is 10.2. The molecule has 0 fully saturated rings. The molecular formula is C14H18BrNO3. The van der Waals surface area contributed by atoms with Gasteiger partial charge in [-0.25, -0.2) is 0 Å². The summed E-state index contributed by atoms with van der Waals surface area (Å²) >= 11 is 3.03. The third kappa shape index (κ3) is 5.87. The first-order chi connectivity index (χ1) is 9.02. The number of benzene rings is 1. The summed E-state index contributed by atoms with van der Waals surface area (Å²) in [5.41, 5.74) is 0.593. The molecule has 0 saturated heterocycles. The van der Waals surface area contributed by atoms with Crippen LogP contribution in [0, 0.1) is 5.92 Å². The summed E-state index contributed by atoms with van der Waals surface area (Å²) in [6, 6.07) is 7.20. The molecule has 1 aromatic carbocycles. The highest BCUT2D eigenvalue weighted by atomic mass is 79.9. The number of carbonyl (C=O) groups is 2. The number of Topliss-reactive ketones (excluding diaryl/α,β-unsaturated/α-hetero) is 1. The minimum absolute atomic E-state index is 0.135. The number of halogens is 1. The normalized spacial score (nSPS) is 10.3. The standard InChI is InChI=1S/C14H18BrNO3/c1-10(2)9-19-13-6-4-3-5-12(13)16-14(18)7-11(17)8-15/h3-6,10H,7-9H2,1-2H3,(H,16,18). The van der Waals surface area contributed by atoms with Gasteiger partial charge in [-0.05, 0) is 18.1 Å². The Kier molecular flexibility index (Phi) is 6.56. The van der Waals surface area contributed by atoms with Crippen LogP contribution in [0.25, 0.3) is 0 Å². The topological polar surface area (TPSA) is 55.4 Å². The number of alkyl halides is 1. The van der Waals surface area contributed by atoms with E-state index in [1.807, 2.05) is 12.1 Å². The van der Waals surface area contributed by atoms with E-state index in [9.17, 15) is 9.59 Å². The van der Waals surface area contributed by atoms with Gasteiger partial charge in [0.05, 0.1) is 24.0 Å². The van der Waals surface area contributed by atoms with Gasteiger partial charge >= 0.3 is 0 Å². The molecule has 0 aromatic heterocycles. The molecule has 0 radical (unpaired) electrons. The van der Waals surface area contributed by atoms with Gasteiger partial charge in [-0.15, -0.1) is 0 Å². The van der Waals surface area contributed by atoms with E-state index >= 15 is 0 Å². The van der Waals surface area contributed by atoms with Crippen molar-refractivity contribution in [3.05, 3.63) is 24.3 Å². The van der Waals surface area contributed by atoms with Crippen molar-refractivity contribution in [2.45, 2.75) is 20.3 Å². The van der Waals surface area contributed by atoms with E-state index in [0.29, 0.717) is 24.0 Å². The van der Waals surface area contributed by atoms with Gasteiger partial charge in [0.25, 0.3) is 0 Å². The second-order valence-electron chi connectivity index (χ2n) is 4.60. The zero-order valence-electron chi connectivity index (χ0n) is 11.1. The van der Waals surface area contributed by atoms with Crippen molar-refractivity contribution in [2.75, 3.05) is 17.3 Å². The molecule has 0 atom stereocenters. The molecule has 1 aromatic rings. The van der Waals surface area contributed by atoms with E-state index in [1.54, 1.807) is 12.1 Å². The summed E-state index contributed by atoms with van der Waals surface area (Å²) in [4.78, 5) is 22.8. The van der Waals surface area contributed by atoms with Gasteiger partial charge in [0, 0.05) is 0 Å². The molecule has 4 nitrogen and oxygen atoms in total. The van der Waals surface area contributed by atoms with Crippen molar-refractivity contribution in [3.8, 4) is 5.75 Å². The maximum absolute atomic E-state index is 11.7. The lowest BCUT2D eigenvalue weighted by Gasteiger charge is -2.13. The molecule has 0 saturated carbocycles. The van der Waals surface area contributed by atoms with Crippen LogP contribution in [-0.2, 0) is 9.59 Å². The predicted octanol–water partition coefficient (Wildman–Crippen LogP) is 3.01. The first-order valence-corrected chi connectivity index (χ1v) is 7.24. The summed E-state index contributed by atoms with van der Waals surface area (Å²) in [5, 5.41) is 2.88. The maximum atomic E-state index is 11.7. The van der Waals surface area contributed by atoms with Crippen molar-refractivity contribution in [1.82, 2.24) is 0 Å². The minimum atomic E-state index is -0.329. The van der Waals surface area contributed by atoms with Gasteiger partial charge in [0.2, 0.25) is 5.91 Å². The number of anilines is 1. The molecule has 104 valence electrons. The van der Waals surface area contributed by atoms with Crippen LogP contribution in [0.15, 0.2) is 24.3 Å². The Labute approximate surface area is 121 Å². The fourth-order valence-electron chi connectivity index (χ4n) is 1.37. The Morgan fingerprint density at radius 1 is 1.32 bits per heavy atom. The fourth-order valence-corrected chi connectivity index (χ4v) is 1.57. The molecule has 19 heavy (non-hydrogen) atoms. The average molecular weight is 328 g/mol. The molecule has 1 N–H and O–H groups in total. The van der Waals surface area contributed by atoms with Gasteiger partial charge in [-0.1, -0.05) is 41.9 Å². The van der Waals surface area contributed by atoms with Gasteiger partial charge in [-0.2, -0.15) is 0 Å². The van der Waals surface area contributed by atoms with Gasteiger partial charge in [-0.3, -0.25) is 9.59 Å². The van der Waals surface area contributed by atoms with Crippen LogP contribution in [0.2, 0.25) is 0 Å². The number of ketones is 1. The number of amides is 1. The van der Waals surface area contributed by atoms with Crippen molar-refractivity contribution >= 4 is 33.3 Å². The molecule has 0 aliphatic rings. The van der Waals surface area contributed by atoms with Crippen LogP contribution in [0.4, 0.5) is 5.69 Å². The lowest BCUT2D eigenvalue weighted by Crippen LogP contribution is -2.17. The smallest absolute Gasteiger partial charge is 0.231 e. The number of hydrogen-bond donors (Lipinski definition) is 1. The molecule has 5 heteroatoms. The lowest BCUT2D eigenvalue weighted by molar-refractivity contribution is -0.123. The van der Waals surface area contributed by atoms with Crippen LogP contribution in [-0.4, -0.2) is 23.6 Å². The van der Waals surface area contributed by atoms with Crippen molar-refractivity contribution in [2.24, 2.45) is 5.92 Å². The monoisotopic (exact) mass is 327 g/mol. The van der Waals surface area contributed by atoms with Crippen molar-refractivity contribution in [3.63, 3.8) is 0 Å². The summed E-state index contributed by atoms with van der Waals surface area (Å²) in [5.74, 6) is 0.540. The fraction of sp³-hybridized carbons (Fsp3) is 0.429. The second kappa shape index (κ2) is 7.94. The Balaban J connectivity index is 2.66. The van der Waals surface area contributed by atoms with E-state index < -0.39 is 0 Å². The summed E-state index contributed by atoms with van der Waals surface area (Å²) < 4.78 is 5.62. The molecular weight excluding hydrogens is 310 g/mol. The summed E-state index contributed by atoms with van der Waals surface area (Å²) in [6.07, 6.45) is -0.135. The van der Waals surface area contributed by atoms with Crippen molar-refractivity contribution in [1.29, 1.82) is 0 Å². The van der Waals surface area contributed by atoms with Crippen LogP contribution in [0.1, 0.15) is 20.3 Å². The molecule has 0 aliphatic carbocycles. The number of nitrogens with one attached hydrogen (secondary N) is 1. The number of rotatable bonds is 7.